The highest BCUT2D eigenvalue weighted by molar-refractivity contribution is 9.10. The van der Waals surface area contributed by atoms with Crippen LogP contribution in [0.3, 0.4) is 0 Å². The summed E-state index contributed by atoms with van der Waals surface area (Å²) in [5, 5.41) is 3.20. The van der Waals surface area contributed by atoms with Gasteiger partial charge in [0.25, 0.3) is 0 Å². The lowest BCUT2D eigenvalue weighted by Crippen LogP contribution is -2.27. The second kappa shape index (κ2) is 7.15. The van der Waals surface area contributed by atoms with E-state index in [0.29, 0.717) is 0 Å². The van der Waals surface area contributed by atoms with Crippen LogP contribution >= 0.6 is 15.9 Å². The van der Waals surface area contributed by atoms with Crippen LogP contribution in [0.5, 0.6) is 0 Å². The van der Waals surface area contributed by atoms with Crippen molar-refractivity contribution in [1.29, 1.82) is 0 Å². The SMILES string of the molecule is CNCc1ccc(N2CCCCCCC2)cc1Br. The van der Waals surface area contributed by atoms with Crippen LogP contribution in [0.25, 0.3) is 0 Å². The molecular formula is C15H23BrN2. The Bertz CT molecular complexity index is 371. The Labute approximate surface area is 119 Å². The van der Waals surface area contributed by atoms with Crippen molar-refractivity contribution in [3.63, 3.8) is 0 Å². The van der Waals surface area contributed by atoms with Crippen molar-refractivity contribution in [2.24, 2.45) is 0 Å². The molecule has 18 heavy (non-hydrogen) atoms. The predicted molar refractivity (Wildman–Crippen MR) is 82.2 cm³/mol. The summed E-state index contributed by atoms with van der Waals surface area (Å²) in [6.45, 7) is 3.33. The molecule has 2 rings (SSSR count). The number of benzene rings is 1. The lowest BCUT2D eigenvalue weighted by Gasteiger charge is -2.27. The van der Waals surface area contributed by atoms with Crippen molar-refractivity contribution in [2.75, 3.05) is 25.0 Å². The minimum Gasteiger partial charge on any atom is -0.372 e. The van der Waals surface area contributed by atoms with E-state index in [-0.39, 0.29) is 0 Å². The molecule has 100 valence electrons. The smallest absolute Gasteiger partial charge is 0.0377 e. The fourth-order valence-electron chi connectivity index (χ4n) is 2.57. The number of rotatable bonds is 3. The largest absolute Gasteiger partial charge is 0.372 e. The zero-order valence-electron chi connectivity index (χ0n) is 11.2. The van der Waals surface area contributed by atoms with Crippen LogP contribution in [-0.4, -0.2) is 20.1 Å². The molecule has 2 nitrogen and oxygen atoms in total. The Balaban J connectivity index is 2.08. The van der Waals surface area contributed by atoms with E-state index in [1.165, 1.54) is 60.9 Å². The quantitative estimate of drug-likeness (QED) is 0.909. The second-order valence-electron chi connectivity index (χ2n) is 5.06. The third-order valence-electron chi connectivity index (χ3n) is 3.63. The van der Waals surface area contributed by atoms with E-state index in [1.54, 1.807) is 0 Å². The molecule has 0 aromatic heterocycles. The van der Waals surface area contributed by atoms with E-state index in [0.717, 1.165) is 6.54 Å². The summed E-state index contributed by atoms with van der Waals surface area (Å²) in [5.74, 6) is 0. The summed E-state index contributed by atoms with van der Waals surface area (Å²) < 4.78 is 1.22. The van der Waals surface area contributed by atoms with Gasteiger partial charge in [-0.1, -0.05) is 41.3 Å². The maximum Gasteiger partial charge on any atom is 0.0377 e. The average Bonchev–Trinajstić information content (AvgIpc) is 2.32. The van der Waals surface area contributed by atoms with Gasteiger partial charge in [0, 0.05) is 29.8 Å². The van der Waals surface area contributed by atoms with Crippen molar-refractivity contribution in [3.05, 3.63) is 28.2 Å². The summed E-state index contributed by atoms with van der Waals surface area (Å²) in [4.78, 5) is 2.53. The highest BCUT2D eigenvalue weighted by Gasteiger charge is 2.10. The number of nitrogens with zero attached hydrogens (tertiary/aromatic N) is 1. The molecule has 1 aromatic rings. The summed E-state index contributed by atoms with van der Waals surface area (Å²) in [7, 11) is 1.98. The standard InChI is InChI=1S/C15H23BrN2/c1-17-12-13-7-8-14(11-15(13)16)18-9-5-3-2-4-6-10-18/h7-8,11,17H,2-6,9-10,12H2,1H3. The lowest BCUT2D eigenvalue weighted by molar-refractivity contribution is 0.556. The molecule has 0 spiro atoms. The van der Waals surface area contributed by atoms with Crippen LogP contribution in [0.1, 0.15) is 37.7 Å². The van der Waals surface area contributed by atoms with Gasteiger partial charge in [-0.2, -0.15) is 0 Å². The predicted octanol–water partition coefficient (Wildman–Crippen LogP) is 3.94. The molecule has 0 bridgehead atoms. The fourth-order valence-corrected chi connectivity index (χ4v) is 3.08. The number of halogens is 1. The molecule has 1 aliphatic rings. The molecule has 0 atom stereocenters. The maximum absolute atomic E-state index is 3.68. The van der Waals surface area contributed by atoms with Crippen LogP contribution in [-0.2, 0) is 6.54 Å². The van der Waals surface area contributed by atoms with E-state index in [4.69, 9.17) is 0 Å². The number of anilines is 1. The second-order valence-corrected chi connectivity index (χ2v) is 5.92. The van der Waals surface area contributed by atoms with Crippen molar-refractivity contribution in [1.82, 2.24) is 5.32 Å². The van der Waals surface area contributed by atoms with Gasteiger partial charge in [0.2, 0.25) is 0 Å². The highest BCUT2D eigenvalue weighted by atomic mass is 79.9. The molecule has 1 fully saturated rings. The van der Waals surface area contributed by atoms with Crippen molar-refractivity contribution < 1.29 is 0 Å². The first-order valence-corrected chi connectivity index (χ1v) is 7.78. The van der Waals surface area contributed by atoms with Gasteiger partial charge >= 0.3 is 0 Å². The van der Waals surface area contributed by atoms with Crippen LogP contribution < -0.4 is 10.2 Å². The summed E-state index contributed by atoms with van der Waals surface area (Å²) in [5.41, 5.74) is 2.69. The van der Waals surface area contributed by atoms with E-state index in [1.807, 2.05) is 7.05 Å². The Morgan fingerprint density at radius 1 is 1.11 bits per heavy atom. The van der Waals surface area contributed by atoms with E-state index >= 15 is 0 Å². The molecule has 3 heteroatoms. The molecule has 0 amide bonds. The number of hydrogen-bond acceptors (Lipinski definition) is 2. The molecule has 0 saturated carbocycles. The van der Waals surface area contributed by atoms with E-state index in [9.17, 15) is 0 Å². The molecule has 0 unspecified atom stereocenters. The third kappa shape index (κ3) is 3.72. The first-order valence-electron chi connectivity index (χ1n) is 6.99. The van der Waals surface area contributed by atoms with Gasteiger partial charge in [-0.3, -0.25) is 0 Å². The Morgan fingerprint density at radius 3 is 2.39 bits per heavy atom. The third-order valence-corrected chi connectivity index (χ3v) is 4.36. The van der Waals surface area contributed by atoms with Crippen molar-refractivity contribution >= 4 is 21.6 Å². The molecule has 0 radical (unpaired) electrons. The van der Waals surface area contributed by atoms with Gasteiger partial charge in [0.05, 0.1) is 0 Å². The topological polar surface area (TPSA) is 15.3 Å². The van der Waals surface area contributed by atoms with Crippen molar-refractivity contribution in [3.8, 4) is 0 Å². The monoisotopic (exact) mass is 310 g/mol. The van der Waals surface area contributed by atoms with Gasteiger partial charge in [0.15, 0.2) is 0 Å². The maximum atomic E-state index is 3.68. The highest BCUT2D eigenvalue weighted by Crippen LogP contribution is 2.26. The minimum atomic E-state index is 0.918. The zero-order chi connectivity index (χ0) is 12.8. The summed E-state index contributed by atoms with van der Waals surface area (Å²) in [6, 6.07) is 6.77. The average molecular weight is 311 g/mol. The fraction of sp³-hybridized carbons (Fsp3) is 0.600. The Morgan fingerprint density at radius 2 is 1.78 bits per heavy atom. The summed E-state index contributed by atoms with van der Waals surface area (Å²) in [6.07, 6.45) is 6.84. The Hall–Kier alpha value is -0.540. The van der Waals surface area contributed by atoms with Crippen LogP contribution in [0, 0.1) is 0 Å². The summed E-state index contributed by atoms with van der Waals surface area (Å²) >= 11 is 3.68. The minimum absolute atomic E-state index is 0.918. The normalized spacial score (nSPS) is 17.3. The lowest BCUT2D eigenvalue weighted by atomic mass is 10.1. The van der Waals surface area contributed by atoms with Gasteiger partial charge in [0.1, 0.15) is 0 Å². The van der Waals surface area contributed by atoms with Crippen LogP contribution in [0.4, 0.5) is 5.69 Å². The zero-order valence-corrected chi connectivity index (χ0v) is 12.8. The Kier molecular flexibility index (Phi) is 5.51. The van der Waals surface area contributed by atoms with Gasteiger partial charge in [-0.25, -0.2) is 0 Å². The first kappa shape index (κ1) is 13.9. The molecule has 1 heterocycles. The number of nitrogens with one attached hydrogen (secondary N) is 1. The molecule has 1 aromatic carbocycles. The van der Waals surface area contributed by atoms with Gasteiger partial charge in [-0.05, 0) is 37.6 Å². The van der Waals surface area contributed by atoms with Crippen LogP contribution in [0.2, 0.25) is 0 Å². The first-order chi connectivity index (χ1) is 8.81. The molecule has 0 aliphatic carbocycles. The van der Waals surface area contributed by atoms with Gasteiger partial charge < -0.3 is 10.2 Å². The molecule has 1 N–H and O–H groups in total. The molecule has 1 saturated heterocycles. The van der Waals surface area contributed by atoms with Gasteiger partial charge in [-0.15, -0.1) is 0 Å². The van der Waals surface area contributed by atoms with Crippen molar-refractivity contribution in [2.45, 2.75) is 38.6 Å². The number of hydrogen-bond donors (Lipinski definition) is 1. The van der Waals surface area contributed by atoms with E-state index < -0.39 is 0 Å². The molecule has 1 aliphatic heterocycles. The van der Waals surface area contributed by atoms with E-state index in [2.05, 4.69) is 44.3 Å². The molecular weight excluding hydrogens is 288 g/mol. The van der Waals surface area contributed by atoms with Crippen LogP contribution in [0.15, 0.2) is 22.7 Å².